The molecule has 3 rings (SSSR count). The van der Waals surface area contributed by atoms with Crippen LogP contribution in [0.25, 0.3) is 0 Å². The van der Waals surface area contributed by atoms with Gasteiger partial charge in [0.05, 0.1) is 0 Å². The fraction of sp³-hybridized carbons (Fsp3) is 0.250. The smallest absolute Gasteiger partial charge is 0.0340 e. The summed E-state index contributed by atoms with van der Waals surface area (Å²) >= 11 is 3.59. The van der Waals surface area contributed by atoms with E-state index in [1.165, 1.54) is 17.5 Å². The standard InChI is InChI=1S/C16H16BrN.ClH/c17-15-9-5-4-8-12(15)16(18)14-10-13(14)11-6-2-1-3-7-11;/h1-9,13-14,16H,10,18H2;1H/t13-,14-,16?;/m1./s1. The van der Waals surface area contributed by atoms with E-state index in [9.17, 15) is 0 Å². The van der Waals surface area contributed by atoms with Crippen LogP contribution in [0.2, 0.25) is 0 Å². The van der Waals surface area contributed by atoms with E-state index >= 15 is 0 Å². The minimum absolute atomic E-state index is 0. The minimum atomic E-state index is 0. The van der Waals surface area contributed by atoms with Gasteiger partial charge in [0.2, 0.25) is 0 Å². The first kappa shape index (κ1) is 14.6. The maximum Gasteiger partial charge on any atom is 0.0340 e. The van der Waals surface area contributed by atoms with Crippen LogP contribution < -0.4 is 5.73 Å². The Morgan fingerprint density at radius 1 is 1.00 bits per heavy atom. The molecule has 1 nitrogen and oxygen atoms in total. The maximum atomic E-state index is 6.40. The highest BCUT2D eigenvalue weighted by atomic mass is 79.9. The Morgan fingerprint density at radius 2 is 1.63 bits per heavy atom. The first-order chi connectivity index (χ1) is 8.77. The van der Waals surface area contributed by atoms with Crippen LogP contribution in [0, 0.1) is 5.92 Å². The first-order valence-electron chi connectivity index (χ1n) is 6.32. The molecule has 2 aromatic rings. The molecule has 19 heavy (non-hydrogen) atoms. The van der Waals surface area contributed by atoms with Crippen LogP contribution in [0.1, 0.15) is 29.5 Å². The van der Waals surface area contributed by atoms with Crippen LogP contribution in [0.5, 0.6) is 0 Å². The summed E-state index contributed by atoms with van der Waals surface area (Å²) in [5.41, 5.74) is 9.04. The molecule has 3 heteroatoms. The van der Waals surface area contributed by atoms with Crippen LogP contribution in [-0.4, -0.2) is 0 Å². The zero-order chi connectivity index (χ0) is 12.5. The van der Waals surface area contributed by atoms with Crippen molar-refractivity contribution in [1.29, 1.82) is 0 Å². The molecule has 0 bridgehead atoms. The van der Waals surface area contributed by atoms with E-state index < -0.39 is 0 Å². The van der Waals surface area contributed by atoms with E-state index in [4.69, 9.17) is 5.73 Å². The van der Waals surface area contributed by atoms with E-state index in [-0.39, 0.29) is 18.4 Å². The van der Waals surface area contributed by atoms with Crippen LogP contribution in [0.15, 0.2) is 59.1 Å². The van der Waals surface area contributed by atoms with Crippen molar-refractivity contribution in [3.05, 3.63) is 70.2 Å². The molecular formula is C16H17BrClN. The molecule has 1 fully saturated rings. The Bertz CT molecular complexity index is 543. The van der Waals surface area contributed by atoms with Crippen molar-refractivity contribution in [2.75, 3.05) is 0 Å². The molecule has 1 aliphatic rings. The highest BCUT2D eigenvalue weighted by molar-refractivity contribution is 9.10. The van der Waals surface area contributed by atoms with E-state index in [0.29, 0.717) is 11.8 Å². The molecule has 0 aliphatic heterocycles. The molecule has 0 heterocycles. The molecule has 3 atom stereocenters. The summed E-state index contributed by atoms with van der Waals surface area (Å²) in [6.07, 6.45) is 1.20. The van der Waals surface area contributed by atoms with Gasteiger partial charge in [-0.3, -0.25) is 0 Å². The molecule has 0 saturated heterocycles. The third-order valence-corrected chi connectivity index (χ3v) is 4.52. The number of nitrogens with two attached hydrogens (primary N) is 1. The van der Waals surface area contributed by atoms with Crippen molar-refractivity contribution >= 4 is 28.3 Å². The zero-order valence-corrected chi connectivity index (χ0v) is 12.9. The van der Waals surface area contributed by atoms with Gasteiger partial charge in [0.25, 0.3) is 0 Å². The summed E-state index contributed by atoms with van der Waals surface area (Å²) in [5.74, 6) is 1.21. The van der Waals surface area contributed by atoms with Gasteiger partial charge in [-0.15, -0.1) is 12.4 Å². The Morgan fingerprint density at radius 3 is 2.32 bits per heavy atom. The van der Waals surface area contributed by atoms with Gasteiger partial charge in [0.15, 0.2) is 0 Å². The SMILES string of the molecule is Cl.NC(c1ccccc1Br)[C@@H]1C[C@@H]1c1ccccc1. The van der Waals surface area contributed by atoms with Gasteiger partial charge in [-0.2, -0.15) is 0 Å². The average Bonchev–Trinajstić information content (AvgIpc) is 3.20. The molecule has 1 saturated carbocycles. The van der Waals surface area contributed by atoms with E-state index in [0.717, 1.165) is 4.47 Å². The van der Waals surface area contributed by atoms with Gasteiger partial charge in [0.1, 0.15) is 0 Å². The monoisotopic (exact) mass is 337 g/mol. The topological polar surface area (TPSA) is 26.0 Å². The first-order valence-corrected chi connectivity index (χ1v) is 7.11. The molecule has 2 aromatic carbocycles. The highest BCUT2D eigenvalue weighted by Gasteiger charge is 2.43. The van der Waals surface area contributed by atoms with Gasteiger partial charge in [-0.25, -0.2) is 0 Å². The number of rotatable bonds is 3. The lowest BCUT2D eigenvalue weighted by Gasteiger charge is -2.13. The normalized spacial score (nSPS) is 22.4. The lowest BCUT2D eigenvalue weighted by molar-refractivity contribution is 0.613. The molecule has 2 N–H and O–H groups in total. The van der Waals surface area contributed by atoms with E-state index in [1.54, 1.807) is 0 Å². The number of hydrogen-bond donors (Lipinski definition) is 1. The molecule has 100 valence electrons. The molecule has 1 aliphatic carbocycles. The summed E-state index contributed by atoms with van der Waals surface area (Å²) in [7, 11) is 0. The second-order valence-corrected chi connectivity index (χ2v) is 5.82. The van der Waals surface area contributed by atoms with Crippen molar-refractivity contribution in [2.24, 2.45) is 11.7 Å². The summed E-state index contributed by atoms with van der Waals surface area (Å²) in [5, 5.41) is 0. The van der Waals surface area contributed by atoms with Gasteiger partial charge < -0.3 is 5.73 Å². The van der Waals surface area contributed by atoms with Gasteiger partial charge in [-0.05, 0) is 35.4 Å². The Hall–Kier alpha value is -0.830. The quantitative estimate of drug-likeness (QED) is 0.864. The zero-order valence-electron chi connectivity index (χ0n) is 10.5. The van der Waals surface area contributed by atoms with Crippen molar-refractivity contribution in [1.82, 2.24) is 0 Å². The van der Waals surface area contributed by atoms with Gasteiger partial charge in [-0.1, -0.05) is 64.5 Å². The lowest BCUT2D eigenvalue weighted by Crippen LogP contribution is -2.14. The second-order valence-electron chi connectivity index (χ2n) is 4.96. The van der Waals surface area contributed by atoms with Crippen molar-refractivity contribution in [3.63, 3.8) is 0 Å². The predicted molar refractivity (Wildman–Crippen MR) is 85.6 cm³/mol. The van der Waals surface area contributed by atoms with Crippen molar-refractivity contribution in [3.8, 4) is 0 Å². The summed E-state index contributed by atoms with van der Waals surface area (Å²) in [6, 6.07) is 19.1. The molecule has 0 radical (unpaired) electrons. The summed E-state index contributed by atoms with van der Waals surface area (Å²) < 4.78 is 1.12. The number of benzene rings is 2. The fourth-order valence-corrected chi connectivity index (χ4v) is 3.22. The number of halogens is 2. The summed E-state index contributed by atoms with van der Waals surface area (Å²) in [4.78, 5) is 0. The third kappa shape index (κ3) is 3.02. The molecular weight excluding hydrogens is 322 g/mol. The Kier molecular flexibility index (Phi) is 4.67. The van der Waals surface area contributed by atoms with Crippen LogP contribution in [0.3, 0.4) is 0 Å². The Labute approximate surface area is 128 Å². The van der Waals surface area contributed by atoms with Crippen LogP contribution in [0.4, 0.5) is 0 Å². The van der Waals surface area contributed by atoms with Crippen molar-refractivity contribution < 1.29 is 0 Å². The number of hydrogen-bond acceptors (Lipinski definition) is 1. The largest absolute Gasteiger partial charge is 0.324 e. The average molecular weight is 339 g/mol. The van der Waals surface area contributed by atoms with E-state index in [1.807, 2.05) is 6.07 Å². The van der Waals surface area contributed by atoms with Gasteiger partial charge >= 0.3 is 0 Å². The minimum Gasteiger partial charge on any atom is -0.324 e. The van der Waals surface area contributed by atoms with Crippen molar-refractivity contribution in [2.45, 2.75) is 18.4 Å². The molecule has 0 aromatic heterocycles. The maximum absolute atomic E-state index is 6.40. The molecule has 0 spiro atoms. The van der Waals surface area contributed by atoms with Crippen LogP contribution in [-0.2, 0) is 0 Å². The lowest BCUT2D eigenvalue weighted by atomic mass is 10.00. The third-order valence-electron chi connectivity index (χ3n) is 3.79. The van der Waals surface area contributed by atoms with E-state index in [2.05, 4.69) is 64.5 Å². The predicted octanol–water partition coefficient (Wildman–Crippen LogP) is 4.67. The van der Waals surface area contributed by atoms with Gasteiger partial charge in [0, 0.05) is 10.5 Å². The second kappa shape index (κ2) is 6.08. The highest BCUT2D eigenvalue weighted by Crippen LogP contribution is 2.53. The fourth-order valence-electron chi connectivity index (χ4n) is 2.67. The van der Waals surface area contributed by atoms with Crippen LogP contribution >= 0.6 is 28.3 Å². The summed E-state index contributed by atoms with van der Waals surface area (Å²) in [6.45, 7) is 0. The molecule has 0 amide bonds. The molecule has 1 unspecified atom stereocenters. The Balaban J connectivity index is 0.00000133.